The van der Waals surface area contributed by atoms with Crippen molar-refractivity contribution in [1.82, 2.24) is 5.32 Å². The zero-order valence-electron chi connectivity index (χ0n) is 12.3. The molecule has 3 nitrogen and oxygen atoms in total. The number of anilines is 1. The molecule has 0 amide bonds. The predicted octanol–water partition coefficient (Wildman–Crippen LogP) is 2.90. The Bertz CT molecular complexity index is 362. The average Bonchev–Trinajstić information content (AvgIpc) is 2.29. The van der Waals surface area contributed by atoms with Gasteiger partial charge in [0.05, 0.1) is 12.3 Å². The van der Waals surface area contributed by atoms with Crippen molar-refractivity contribution in [2.24, 2.45) is 5.92 Å². The monoisotopic (exact) mass is 250 g/mol. The van der Waals surface area contributed by atoms with E-state index in [1.54, 1.807) is 0 Å². The molecular weight excluding hydrogens is 224 g/mol. The van der Waals surface area contributed by atoms with Gasteiger partial charge in [-0.3, -0.25) is 0 Å². The minimum absolute atomic E-state index is 0.678. The van der Waals surface area contributed by atoms with Crippen molar-refractivity contribution in [3.8, 4) is 5.75 Å². The fourth-order valence-electron chi connectivity index (χ4n) is 1.81. The van der Waals surface area contributed by atoms with E-state index in [0.717, 1.165) is 24.5 Å². The van der Waals surface area contributed by atoms with Crippen molar-refractivity contribution in [3.05, 3.63) is 23.8 Å². The summed E-state index contributed by atoms with van der Waals surface area (Å²) in [6.45, 7) is 9.08. The fraction of sp³-hybridized carbons (Fsp3) is 0.600. The minimum atomic E-state index is 0.678. The highest BCUT2D eigenvalue weighted by Crippen LogP contribution is 2.28. The first-order valence-corrected chi connectivity index (χ1v) is 6.68. The van der Waals surface area contributed by atoms with Gasteiger partial charge in [0.2, 0.25) is 0 Å². The van der Waals surface area contributed by atoms with Crippen LogP contribution in [0.25, 0.3) is 0 Å². The summed E-state index contributed by atoms with van der Waals surface area (Å²) < 4.78 is 5.70. The predicted molar refractivity (Wildman–Crippen MR) is 78.5 cm³/mol. The molecule has 0 aliphatic carbocycles. The summed E-state index contributed by atoms with van der Waals surface area (Å²) in [4.78, 5) is 2.08. The summed E-state index contributed by atoms with van der Waals surface area (Å²) in [5, 5.41) is 3.45. The molecule has 0 saturated heterocycles. The topological polar surface area (TPSA) is 24.5 Å². The van der Waals surface area contributed by atoms with Crippen LogP contribution in [0.3, 0.4) is 0 Å². The van der Waals surface area contributed by atoms with Crippen molar-refractivity contribution < 1.29 is 4.74 Å². The molecule has 0 atom stereocenters. The molecule has 0 heterocycles. The van der Waals surface area contributed by atoms with Crippen LogP contribution in [0, 0.1) is 5.92 Å². The Kier molecular flexibility index (Phi) is 5.99. The second-order valence-electron chi connectivity index (χ2n) is 5.15. The summed E-state index contributed by atoms with van der Waals surface area (Å²) in [7, 11) is 4.07. The molecule has 18 heavy (non-hydrogen) atoms. The summed E-state index contributed by atoms with van der Waals surface area (Å²) in [6.07, 6.45) is 0. The first-order valence-electron chi connectivity index (χ1n) is 6.68. The fourth-order valence-corrected chi connectivity index (χ4v) is 1.81. The molecular formula is C15H26N2O. The molecule has 0 saturated carbocycles. The molecule has 0 bridgehead atoms. The van der Waals surface area contributed by atoms with Crippen molar-refractivity contribution in [3.63, 3.8) is 0 Å². The molecule has 1 aromatic rings. The van der Waals surface area contributed by atoms with Gasteiger partial charge in [0.25, 0.3) is 0 Å². The molecule has 0 spiro atoms. The normalized spacial score (nSPS) is 10.8. The lowest BCUT2D eigenvalue weighted by Crippen LogP contribution is -2.19. The van der Waals surface area contributed by atoms with Gasteiger partial charge in [-0.15, -0.1) is 0 Å². The number of hydrogen-bond donors (Lipinski definition) is 1. The molecule has 0 aliphatic rings. The van der Waals surface area contributed by atoms with E-state index < -0.39 is 0 Å². The molecule has 0 aliphatic heterocycles. The van der Waals surface area contributed by atoms with E-state index in [0.29, 0.717) is 12.5 Å². The zero-order chi connectivity index (χ0) is 13.5. The van der Waals surface area contributed by atoms with E-state index in [1.807, 2.05) is 21.0 Å². The van der Waals surface area contributed by atoms with Gasteiger partial charge >= 0.3 is 0 Å². The Balaban J connectivity index is 2.73. The summed E-state index contributed by atoms with van der Waals surface area (Å²) in [6, 6.07) is 6.41. The van der Waals surface area contributed by atoms with Gasteiger partial charge in [0, 0.05) is 20.6 Å². The lowest BCUT2D eigenvalue weighted by molar-refractivity contribution is 0.340. The van der Waals surface area contributed by atoms with Gasteiger partial charge in [0.1, 0.15) is 5.75 Å². The van der Waals surface area contributed by atoms with Gasteiger partial charge < -0.3 is 15.0 Å². The van der Waals surface area contributed by atoms with E-state index in [1.165, 1.54) is 5.56 Å². The Morgan fingerprint density at radius 2 is 2.00 bits per heavy atom. The highest BCUT2D eigenvalue weighted by atomic mass is 16.5. The summed E-state index contributed by atoms with van der Waals surface area (Å²) in [5.41, 5.74) is 2.40. The molecule has 0 aromatic heterocycles. The lowest BCUT2D eigenvalue weighted by atomic mass is 10.1. The number of hydrogen-bond acceptors (Lipinski definition) is 3. The molecule has 1 rings (SSSR count). The molecule has 1 N–H and O–H groups in total. The third-order valence-electron chi connectivity index (χ3n) is 2.69. The molecule has 0 fully saturated rings. The van der Waals surface area contributed by atoms with Gasteiger partial charge in [-0.05, 0) is 37.1 Å². The Hall–Kier alpha value is -1.22. The number of rotatable bonds is 7. The van der Waals surface area contributed by atoms with Crippen LogP contribution in [-0.4, -0.2) is 27.2 Å². The van der Waals surface area contributed by atoms with E-state index in [9.17, 15) is 0 Å². The maximum Gasteiger partial charge on any atom is 0.142 e. The largest absolute Gasteiger partial charge is 0.492 e. The van der Waals surface area contributed by atoms with E-state index >= 15 is 0 Å². The Morgan fingerprint density at radius 3 is 2.56 bits per heavy atom. The van der Waals surface area contributed by atoms with Crippen LogP contribution in [0.4, 0.5) is 5.69 Å². The number of nitrogens with zero attached hydrogens (tertiary/aromatic N) is 1. The first-order chi connectivity index (χ1) is 8.54. The van der Waals surface area contributed by atoms with E-state index in [2.05, 4.69) is 42.3 Å². The summed E-state index contributed by atoms with van der Waals surface area (Å²) >= 11 is 0. The Morgan fingerprint density at radius 1 is 1.28 bits per heavy atom. The number of nitrogens with one attached hydrogen (secondary N) is 1. The molecule has 0 radical (unpaired) electrons. The average molecular weight is 250 g/mol. The summed E-state index contributed by atoms with van der Waals surface area (Å²) in [5.74, 6) is 1.64. The highest BCUT2D eigenvalue weighted by Gasteiger charge is 2.06. The zero-order valence-corrected chi connectivity index (χ0v) is 12.3. The SMILES string of the molecule is CCOc1cc(CNCC(C)C)ccc1N(C)C. The van der Waals surface area contributed by atoms with Gasteiger partial charge in [-0.2, -0.15) is 0 Å². The maximum atomic E-state index is 5.70. The minimum Gasteiger partial charge on any atom is -0.492 e. The van der Waals surface area contributed by atoms with Crippen LogP contribution < -0.4 is 15.0 Å². The quantitative estimate of drug-likeness (QED) is 0.805. The molecule has 3 heteroatoms. The van der Waals surface area contributed by atoms with Gasteiger partial charge in [0.15, 0.2) is 0 Å². The third-order valence-corrected chi connectivity index (χ3v) is 2.69. The lowest BCUT2D eigenvalue weighted by Gasteiger charge is -2.18. The van der Waals surface area contributed by atoms with Crippen molar-refractivity contribution >= 4 is 5.69 Å². The van der Waals surface area contributed by atoms with Gasteiger partial charge in [-0.1, -0.05) is 19.9 Å². The highest BCUT2D eigenvalue weighted by molar-refractivity contribution is 5.58. The van der Waals surface area contributed by atoms with Crippen LogP contribution >= 0.6 is 0 Å². The second kappa shape index (κ2) is 7.27. The Labute approximate surface area is 111 Å². The first kappa shape index (κ1) is 14.8. The van der Waals surface area contributed by atoms with Crippen LogP contribution in [0.1, 0.15) is 26.3 Å². The standard InChI is InChI=1S/C15H26N2O/c1-6-18-15-9-13(11-16-10-12(2)3)7-8-14(15)17(4)5/h7-9,12,16H,6,10-11H2,1-5H3. The maximum absolute atomic E-state index is 5.70. The van der Waals surface area contributed by atoms with Crippen LogP contribution in [0.5, 0.6) is 5.75 Å². The van der Waals surface area contributed by atoms with Crippen molar-refractivity contribution in [2.75, 3.05) is 32.1 Å². The molecule has 1 aromatic carbocycles. The van der Waals surface area contributed by atoms with Crippen molar-refractivity contribution in [1.29, 1.82) is 0 Å². The molecule has 0 unspecified atom stereocenters. The molecule has 102 valence electrons. The van der Waals surface area contributed by atoms with Crippen LogP contribution in [0.15, 0.2) is 18.2 Å². The van der Waals surface area contributed by atoms with E-state index in [4.69, 9.17) is 4.74 Å². The van der Waals surface area contributed by atoms with Crippen LogP contribution in [0.2, 0.25) is 0 Å². The number of ether oxygens (including phenoxy) is 1. The van der Waals surface area contributed by atoms with Crippen molar-refractivity contribution in [2.45, 2.75) is 27.3 Å². The van der Waals surface area contributed by atoms with Gasteiger partial charge in [-0.25, -0.2) is 0 Å². The second-order valence-corrected chi connectivity index (χ2v) is 5.15. The van der Waals surface area contributed by atoms with Crippen LogP contribution in [-0.2, 0) is 6.54 Å². The number of benzene rings is 1. The van der Waals surface area contributed by atoms with E-state index in [-0.39, 0.29) is 0 Å². The smallest absolute Gasteiger partial charge is 0.142 e. The third kappa shape index (κ3) is 4.57.